The van der Waals surface area contributed by atoms with Crippen molar-refractivity contribution in [3.63, 3.8) is 0 Å². The van der Waals surface area contributed by atoms with Gasteiger partial charge in [0.05, 0.1) is 12.2 Å². The van der Waals surface area contributed by atoms with Gasteiger partial charge in [-0.25, -0.2) is 4.79 Å². The Morgan fingerprint density at radius 2 is 2.27 bits per heavy atom. The summed E-state index contributed by atoms with van der Waals surface area (Å²) >= 11 is 0. The summed E-state index contributed by atoms with van der Waals surface area (Å²) in [6.07, 6.45) is 2.48. The first-order chi connectivity index (χ1) is 12.3. The number of aryl methyl sites for hydroxylation is 1. The monoisotopic (exact) mass is 365 g/mol. The second-order valence-corrected chi connectivity index (χ2v) is 7.47. The number of guanidine groups is 1. The van der Waals surface area contributed by atoms with Crippen molar-refractivity contribution in [3.8, 4) is 0 Å². The number of carbonyl (C=O) groups is 1. The summed E-state index contributed by atoms with van der Waals surface area (Å²) in [6, 6.07) is 2.06. The van der Waals surface area contributed by atoms with E-state index in [0.29, 0.717) is 19.0 Å². The van der Waals surface area contributed by atoms with Gasteiger partial charge in [-0.15, -0.1) is 0 Å². The Hall–Kier alpha value is -2.25. The fraction of sp³-hybridized carbons (Fsp3) is 0.722. The van der Waals surface area contributed by atoms with Crippen LogP contribution in [-0.4, -0.2) is 53.9 Å². The second-order valence-electron chi connectivity index (χ2n) is 7.47. The largest absolute Gasteiger partial charge is 0.444 e. The van der Waals surface area contributed by atoms with Crippen molar-refractivity contribution in [2.24, 2.45) is 4.99 Å². The maximum absolute atomic E-state index is 12.3. The molecule has 8 heteroatoms. The molecule has 26 heavy (non-hydrogen) atoms. The van der Waals surface area contributed by atoms with Gasteiger partial charge in [-0.2, -0.15) is 0 Å². The van der Waals surface area contributed by atoms with Crippen molar-refractivity contribution < 1.29 is 14.1 Å². The quantitative estimate of drug-likeness (QED) is 0.628. The Labute approximate surface area is 155 Å². The SMILES string of the molecule is CCc1cc(CNC(=NC)NC2CCCN(C(=O)OC(C)(C)C)C2)on1. The zero-order valence-electron chi connectivity index (χ0n) is 16.5. The van der Waals surface area contributed by atoms with Crippen molar-refractivity contribution in [2.75, 3.05) is 20.1 Å². The van der Waals surface area contributed by atoms with Crippen LogP contribution in [0.3, 0.4) is 0 Å². The lowest BCUT2D eigenvalue weighted by atomic mass is 10.1. The second kappa shape index (κ2) is 8.91. The number of nitrogens with one attached hydrogen (secondary N) is 2. The van der Waals surface area contributed by atoms with E-state index in [0.717, 1.165) is 37.3 Å². The first-order valence-electron chi connectivity index (χ1n) is 9.20. The van der Waals surface area contributed by atoms with Crippen LogP contribution in [0.15, 0.2) is 15.6 Å². The van der Waals surface area contributed by atoms with Crippen molar-refractivity contribution in [1.29, 1.82) is 0 Å². The minimum Gasteiger partial charge on any atom is -0.444 e. The number of carbonyl (C=O) groups excluding carboxylic acids is 1. The summed E-state index contributed by atoms with van der Waals surface area (Å²) in [5.74, 6) is 1.44. The number of likely N-dealkylation sites (tertiary alicyclic amines) is 1. The topological polar surface area (TPSA) is 92.0 Å². The summed E-state index contributed by atoms with van der Waals surface area (Å²) in [5, 5.41) is 10.6. The molecular weight excluding hydrogens is 334 g/mol. The van der Waals surface area contributed by atoms with Crippen LogP contribution in [0.1, 0.15) is 52.0 Å². The highest BCUT2D eigenvalue weighted by Crippen LogP contribution is 2.15. The molecule has 0 aliphatic carbocycles. The van der Waals surface area contributed by atoms with Crippen LogP contribution in [0.2, 0.25) is 0 Å². The average molecular weight is 365 g/mol. The van der Waals surface area contributed by atoms with E-state index in [9.17, 15) is 4.79 Å². The Morgan fingerprint density at radius 3 is 2.88 bits per heavy atom. The van der Waals surface area contributed by atoms with Crippen LogP contribution in [0, 0.1) is 0 Å². The molecule has 0 bridgehead atoms. The van der Waals surface area contributed by atoms with Gasteiger partial charge in [-0.1, -0.05) is 12.1 Å². The van der Waals surface area contributed by atoms with Gasteiger partial charge in [-0.3, -0.25) is 4.99 Å². The minimum absolute atomic E-state index is 0.128. The summed E-state index contributed by atoms with van der Waals surface area (Å²) < 4.78 is 10.7. The molecule has 2 heterocycles. The zero-order chi connectivity index (χ0) is 19.2. The Morgan fingerprint density at radius 1 is 1.50 bits per heavy atom. The lowest BCUT2D eigenvalue weighted by molar-refractivity contribution is 0.0193. The van der Waals surface area contributed by atoms with Gasteiger partial charge in [0.1, 0.15) is 5.60 Å². The van der Waals surface area contributed by atoms with Gasteiger partial charge in [-0.05, 0) is 40.0 Å². The predicted octanol–water partition coefficient (Wildman–Crippen LogP) is 2.30. The highest BCUT2D eigenvalue weighted by Gasteiger charge is 2.28. The number of nitrogens with zero attached hydrogens (tertiary/aromatic N) is 3. The summed E-state index contributed by atoms with van der Waals surface area (Å²) in [4.78, 5) is 18.3. The highest BCUT2D eigenvalue weighted by atomic mass is 16.6. The lowest BCUT2D eigenvalue weighted by Gasteiger charge is -2.35. The van der Waals surface area contributed by atoms with Crippen LogP contribution >= 0.6 is 0 Å². The Balaban J connectivity index is 1.84. The van der Waals surface area contributed by atoms with Crippen molar-refractivity contribution in [1.82, 2.24) is 20.7 Å². The third-order valence-corrected chi connectivity index (χ3v) is 4.04. The number of piperidine rings is 1. The predicted molar refractivity (Wildman–Crippen MR) is 100 cm³/mol. The zero-order valence-corrected chi connectivity index (χ0v) is 16.5. The van der Waals surface area contributed by atoms with Crippen molar-refractivity contribution in [3.05, 3.63) is 17.5 Å². The molecule has 0 aromatic carbocycles. The summed E-state index contributed by atoms with van der Waals surface area (Å²) in [6.45, 7) is 9.50. The van der Waals surface area contributed by atoms with Gasteiger partial charge < -0.3 is 24.8 Å². The molecule has 2 rings (SSSR count). The molecule has 0 saturated carbocycles. The van der Waals surface area contributed by atoms with Crippen LogP contribution in [0.5, 0.6) is 0 Å². The molecule has 1 aliphatic heterocycles. The van der Waals surface area contributed by atoms with Crippen molar-refractivity contribution in [2.45, 2.75) is 65.1 Å². The van der Waals surface area contributed by atoms with E-state index in [4.69, 9.17) is 9.26 Å². The number of amides is 1. The number of hydrogen-bond donors (Lipinski definition) is 2. The first-order valence-corrected chi connectivity index (χ1v) is 9.20. The normalized spacial score (nSPS) is 18.6. The van der Waals surface area contributed by atoms with Crippen LogP contribution in [-0.2, 0) is 17.7 Å². The van der Waals surface area contributed by atoms with Gasteiger partial charge in [0, 0.05) is 32.2 Å². The van der Waals surface area contributed by atoms with E-state index in [1.165, 1.54) is 0 Å². The maximum Gasteiger partial charge on any atom is 0.410 e. The van der Waals surface area contributed by atoms with E-state index in [-0.39, 0.29) is 12.1 Å². The number of rotatable bonds is 4. The van der Waals surface area contributed by atoms with Crippen LogP contribution < -0.4 is 10.6 Å². The Bertz CT molecular complexity index is 621. The third kappa shape index (κ3) is 6.24. The first kappa shape index (κ1) is 20.1. The molecule has 1 amide bonds. The molecule has 2 N–H and O–H groups in total. The smallest absolute Gasteiger partial charge is 0.410 e. The lowest BCUT2D eigenvalue weighted by Crippen LogP contribution is -2.53. The van der Waals surface area contributed by atoms with Gasteiger partial charge in [0.25, 0.3) is 0 Å². The maximum atomic E-state index is 12.3. The standard InChI is InChI=1S/C18H31N5O3/c1-6-13-10-15(26-22-13)11-20-16(19-5)21-14-8-7-9-23(12-14)17(24)25-18(2,3)4/h10,14H,6-9,11-12H2,1-5H3,(H2,19,20,21). The highest BCUT2D eigenvalue weighted by molar-refractivity contribution is 5.80. The molecular formula is C18H31N5O3. The van der Waals surface area contributed by atoms with Crippen LogP contribution in [0.4, 0.5) is 4.79 Å². The van der Waals surface area contributed by atoms with E-state index < -0.39 is 5.60 Å². The van der Waals surface area contributed by atoms with Gasteiger partial charge in [0.2, 0.25) is 0 Å². The molecule has 1 aromatic heterocycles. The van der Waals surface area contributed by atoms with E-state index in [1.807, 2.05) is 33.8 Å². The number of ether oxygens (including phenoxy) is 1. The fourth-order valence-electron chi connectivity index (χ4n) is 2.75. The third-order valence-electron chi connectivity index (χ3n) is 4.04. The van der Waals surface area contributed by atoms with E-state index >= 15 is 0 Å². The molecule has 1 aliphatic rings. The molecule has 1 saturated heterocycles. The fourth-order valence-corrected chi connectivity index (χ4v) is 2.75. The summed E-state index contributed by atoms with van der Waals surface area (Å²) in [5.41, 5.74) is 0.453. The van der Waals surface area contributed by atoms with E-state index in [1.54, 1.807) is 11.9 Å². The molecule has 0 radical (unpaired) electrons. The Kier molecular flexibility index (Phi) is 6.88. The minimum atomic E-state index is -0.483. The number of aliphatic imine (C=N–C) groups is 1. The van der Waals surface area contributed by atoms with Crippen LogP contribution in [0.25, 0.3) is 0 Å². The van der Waals surface area contributed by atoms with Gasteiger partial charge in [0.15, 0.2) is 11.7 Å². The molecule has 0 spiro atoms. The molecule has 1 aromatic rings. The molecule has 8 nitrogen and oxygen atoms in total. The molecule has 1 unspecified atom stereocenters. The molecule has 1 atom stereocenters. The van der Waals surface area contributed by atoms with Gasteiger partial charge >= 0.3 is 6.09 Å². The molecule has 1 fully saturated rings. The number of aromatic nitrogens is 1. The number of hydrogen-bond acceptors (Lipinski definition) is 5. The average Bonchev–Trinajstić information content (AvgIpc) is 3.05. The molecule has 146 valence electrons. The van der Waals surface area contributed by atoms with Crippen molar-refractivity contribution >= 4 is 12.1 Å². The van der Waals surface area contributed by atoms with E-state index in [2.05, 4.69) is 20.8 Å². The summed E-state index contributed by atoms with van der Waals surface area (Å²) in [7, 11) is 1.72.